The van der Waals surface area contributed by atoms with Crippen LogP contribution in [0.15, 0.2) is 39.6 Å². The molecule has 0 radical (unpaired) electrons. The largest absolute Gasteiger partial charge is 0.467 e. The molecule has 0 amide bonds. The zero-order valence-electron chi connectivity index (χ0n) is 12.0. The first kappa shape index (κ1) is 14.8. The van der Waals surface area contributed by atoms with E-state index in [1.807, 2.05) is 12.1 Å². The van der Waals surface area contributed by atoms with Gasteiger partial charge >= 0.3 is 0 Å². The molecule has 4 nitrogen and oxygen atoms in total. The average Bonchev–Trinajstić information content (AvgIpc) is 3.20. The van der Waals surface area contributed by atoms with E-state index in [1.165, 1.54) is 18.4 Å². The summed E-state index contributed by atoms with van der Waals surface area (Å²) in [4.78, 5) is 2.36. The molecule has 2 aromatic heterocycles. The van der Waals surface area contributed by atoms with E-state index in [2.05, 4.69) is 21.7 Å². The van der Waals surface area contributed by atoms with Crippen LogP contribution in [0.5, 0.6) is 0 Å². The van der Waals surface area contributed by atoms with Gasteiger partial charge in [0.05, 0.1) is 19.0 Å². The van der Waals surface area contributed by atoms with Gasteiger partial charge in [0, 0.05) is 12.6 Å². The molecule has 1 aliphatic rings. The number of furan rings is 1. The van der Waals surface area contributed by atoms with Crippen molar-refractivity contribution in [2.75, 3.05) is 19.7 Å². The topological polar surface area (TPSA) is 45.8 Å². The van der Waals surface area contributed by atoms with E-state index in [1.54, 1.807) is 17.6 Å². The third-order valence-corrected chi connectivity index (χ3v) is 4.57. The minimum absolute atomic E-state index is 0.341. The summed E-state index contributed by atoms with van der Waals surface area (Å²) in [5.74, 6) is 0.791. The minimum Gasteiger partial charge on any atom is -0.467 e. The van der Waals surface area contributed by atoms with E-state index in [0.717, 1.165) is 12.3 Å². The lowest BCUT2D eigenvalue weighted by Gasteiger charge is -2.26. The number of β-amino-alcohol motifs (C(OH)–C–C–N with tert-alkyl or cyclic N) is 1. The molecule has 0 bridgehead atoms. The number of thiophene rings is 1. The molecule has 1 N–H and O–H groups in total. The van der Waals surface area contributed by atoms with Gasteiger partial charge in [-0.15, -0.1) is 0 Å². The summed E-state index contributed by atoms with van der Waals surface area (Å²) in [5.41, 5.74) is 1.38. The van der Waals surface area contributed by atoms with Crippen LogP contribution in [0, 0.1) is 0 Å². The molecule has 0 spiro atoms. The van der Waals surface area contributed by atoms with Crippen molar-refractivity contribution >= 4 is 11.3 Å². The fourth-order valence-electron chi connectivity index (χ4n) is 2.90. The monoisotopic (exact) mass is 307 g/mol. The highest BCUT2D eigenvalue weighted by atomic mass is 32.1. The van der Waals surface area contributed by atoms with E-state index < -0.39 is 6.10 Å². The molecule has 5 heteroatoms. The van der Waals surface area contributed by atoms with Gasteiger partial charge in [0.2, 0.25) is 0 Å². The molecule has 0 unspecified atom stereocenters. The first-order valence-electron chi connectivity index (χ1n) is 7.37. The fraction of sp³-hybridized carbons (Fsp3) is 0.500. The van der Waals surface area contributed by atoms with Crippen LogP contribution < -0.4 is 0 Å². The van der Waals surface area contributed by atoms with Crippen LogP contribution in [0.1, 0.15) is 30.2 Å². The van der Waals surface area contributed by atoms with Gasteiger partial charge in [-0.3, -0.25) is 4.90 Å². The summed E-state index contributed by atoms with van der Waals surface area (Å²) in [6.07, 6.45) is 3.54. The van der Waals surface area contributed by atoms with Gasteiger partial charge in [-0.25, -0.2) is 0 Å². The second-order valence-corrected chi connectivity index (χ2v) is 6.24. The summed E-state index contributed by atoms with van der Waals surface area (Å²) in [6.45, 7) is 2.47. The normalized spacial score (nSPS) is 20.9. The number of aliphatic hydroxyl groups excluding tert-OH is 1. The highest BCUT2D eigenvalue weighted by Gasteiger charge is 2.27. The summed E-state index contributed by atoms with van der Waals surface area (Å²) in [5, 5.41) is 14.5. The lowest BCUT2D eigenvalue weighted by Crippen LogP contribution is -2.34. The Morgan fingerprint density at radius 2 is 2.43 bits per heavy atom. The lowest BCUT2D eigenvalue weighted by atomic mass is 10.1. The van der Waals surface area contributed by atoms with E-state index in [9.17, 15) is 5.11 Å². The lowest BCUT2D eigenvalue weighted by molar-refractivity contribution is 0.00311. The zero-order chi connectivity index (χ0) is 14.5. The van der Waals surface area contributed by atoms with Gasteiger partial charge in [-0.2, -0.15) is 11.3 Å². The van der Waals surface area contributed by atoms with E-state index in [4.69, 9.17) is 9.15 Å². The van der Waals surface area contributed by atoms with Crippen LogP contribution in [-0.4, -0.2) is 35.8 Å². The Balaban J connectivity index is 1.44. The van der Waals surface area contributed by atoms with Crippen molar-refractivity contribution < 1.29 is 14.3 Å². The molecule has 2 atom stereocenters. The first-order valence-corrected chi connectivity index (χ1v) is 8.31. The Morgan fingerprint density at radius 1 is 1.48 bits per heavy atom. The zero-order valence-corrected chi connectivity index (χ0v) is 12.8. The van der Waals surface area contributed by atoms with E-state index in [0.29, 0.717) is 25.8 Å². The number of hydrogen-bond acceptors (Lipinski definition) is 5. The van der Waals surface area contributed by atoms with Crippen molar-refractivity contribution in [3.05, 3.63) is 46.5 Å². The molecule has 1 fully saturated rings. The fourth-order valence-corrected chi connectivity index (χ4v) is 3.61. The van der Waals surface area contributed by atoms with Crippen molar-refractivity contribution in [2.45, 2.75) is 31.6 Å². The summed E-state index contributed by atoms with van der Waals surface area (Å²) < 4.78 is 10.7. The Kier molecular flexibility index (Phi) is 5.08. The van der Waals surface area contributed by atoms with Crippen molar-refractivity contribution in [3.63, 3.8) is 0 Å². The third-order valence-electron chi connectivity index (χ3n) is 3.87. The molecule has 0 aliphatic carbocycles. The third kappa shape index (κ3) is 3.95. The Hall–Kier alpha value is -1.14. The second kappa shape index (κ2) is 7.22. The Labute approximate surface area is 129 Å². The van der Waals surface area contributed by atoms with Crippen molar-refractivity contribution in [1.29, 1.82) is 0 Å². The first-order chi connectivity index (χ1) is 10.3. The molecule has 1 saturated heterocycles. The van der Waals surface area contributed by atoms with Gasteiger partial charge in [0.1, 0.15) is 12.4 Å². The molecule has 1 aliphatic heterocycles. The maximum absolute atomic E-state index is 10.2. The Bertz CT molecular complexity index is 512. The van der Waals surface area contributed by atoms with Crippen molar-refractivity contribution in [2.24, 2.45) is 0 Å². The maximum Gasteiger partial charge on any atom is 0.129 e. The molecule has 3 heterocycles. The van der Waals surface area contributed by atoms with Crippen LogP contribution in [0.2, 0.25) is 0 Å². The highest BCUT2D eigenvalue weighted by Crippen LogP contribution is 2.32. The standard InChI is InChI=1S/C16H21NO3S/c18-14(10-19-11-15-3-2-7-20-15)9-17-6-1-4-16(17)13-5-8-21-12-13/h2-3,5,7-8,12,14,16,18H,1,4,6,9-11H2/t14-,16+/m0/s1. The van der Waals surface area contributed by atoms with Crippen molar-refractivity contribution in [3.8, 4) is 0 Å². The molecular weight excluding hydrogens is 286 g/mol. The van der Waals surface area contributed by atoms with E-state index >= 15 is 0 Å². The van der Waals surface area contributed by atoms with Crippen LogP contribution in [-0.2, 0) is 11.3 Å². The predicted octanol–water partition coefficient (Wildman–Crippen LogP) is 3.06. The molecule has 114 valence electrons. The number of likely N-dealkylation sites (tertiary alicyclic amines) is 1. The van der Waals surface area contributed by atoms with Crippen LogP contribution >= 0.6 is 11.3 Å². The molecule has 0 aromatic carbocycles. The van der Waals surface area contributed by atoms with Crippen molar-refractivity contribution in [1.82, 2.24) is 4.90 Å². The van der Waals surface area contributed by atoms with Gasteiger partial charge in [-0.05, 0) is 53.9 Å². The summed E-state index contributed by atoms with van der Waals surface area (Å²) >= 11 is 1.74. The second-order valence-electron chi connectivity index (χ2n) is 5.46. The maximum atomic E-state index is 10.2. The molecule has 3 rings (SSSR count). The molecule has 21 heavy (non-hydrogen) atoms. The Morgan fingerprint density at radius 3 is 3.19 bits per heavy atom. The van der Waals surface area contributed by atoms with Gasteiger partial charge in [-0.1, -0.05) is 0 Å². The smallest absolute Gasteiger partial charge is 0.129 e. The highest BCUT2D eigenvalue weighted by molar-refractivity contribution is 7.07. The van der Waals surface area contributed by atoms with Crippen LogP contribution in [0.4, 0.5) is 0 Å². The van der Waals surface area contributed by atoms with Gasteiger partial charge in [0.25, 0.3) is 0 Å². The number of hydrogen-bond donors (Lipinski definition) is 1. The van der Waals surface area contributed by atoms with Crippen LogP contribution in [0.25, 0.3) is 0 Å². The molecule has 2 aromatic rings. The number of rotatable bonds is 7. The van der Waals surface area contributed by atoms with Gasteiger partial charge < -0.3 is 14.3 Å². The predicted molar refractivity (Wildman–Crippen MR) is 82.2 cm³/mol. The quantitative estimate of drug-likeness (QED) is 0.854. The summed E-state index contributed by atoms with van der Waals surface area (Å²) in [6, 6.07) is 6.36. The molecule has 0 saturated carbocycles. The van der Waals surface area contributed by atoms with Crippen LogP contribution in [0.3, 0.4) is 0 Å². The number of ether oxygens (including phenoxy) is 1. The number of nitrogens with zero attached hydrogens (tertiary/aromatic N) is 1. The summed E-state index contributed by atoms with van der Waals surface area (Å²) in [7, 11) is 0. The SMILES string of the molecule is O[C@H](COCc1ccco1)CN1CCC[C@@H]1c1ccsc1. The van der Waals surface area contributed by atoms with E-state index in [-0.39, 0.29) is 0 Å². The van der Waals surface area contributed by atoms with Gasteiger partial charge in [0.15, 0.2) is 0 Å². The molecular formula is C16H21NO3S. The average molecular weight is 307 g/mol. The number of aliphatic hydroxyl groups is 1. The minimum atomic E-state index is -0.459.